The van der Waals surface area contributed by atoms with Crippen molar-refractivity contribution >= 4 is 39.5 Å². The summed E-state index contributed by atoms with van der Waals surface area (Å²) in [5.41, 5.74) is 0. The average molecular weight is 1480 g/mol. The van der Waals surface area contributed by atoms with Crippen molar-refractivity contribution < 1.29 is 80.2 Å². The van der Waals surface area contributed by atoms with Crippen LogP contribution < -0.4 is 0 Å². The van der Waals surface area contributed by atoms with Crippen LogP contribution in [0.4, 0.5) is 0 Å². The highest BCUT2D eigenvalue weighted by molar-refractivity contribution is 7.47. The first kappa shape index (κ1) is 99.1. The highest BCUT2D eigenvalue weighted by atomic mass is 31.2. The van der Waals surface area contributed by atoms with Gasteiger partial charge in [0, 0.05) is 25.7 Å². The Morgan fingerprint density at radius 2 is 0.455 bits per heavy atom. The fourth-order valence-corrected chi connectivity index (χ4v) is 14.3. The molecule has 0 heterocycles. The molecule has 19 heteroatoms. The van der Waals surface area contributed by atoms with Gasteiger partial charge in [0.15, 0.2) is 12.2 Å². The predicted octanol–water partition coefficient (Wildman–Crippen LogP) is 24.8. The van der Waals surface area contributed by atoms with Crippen molar-refractivity contribution in [2.75, 3.05) is 39.6 Å². The average Bonchev–Trinajstić information content (AvgIpc) is 0.939. The van der Waals surface area contributed by atoms with Gasteiger partial charge in [-0.05, 0) is 31.6 Å². The van der Waals surface area contributed by atoms with Gasteiger partial charge < -0.3 is 33.8 Å². The van der Waals surface area contributed by atoms with Crippen LogP contribution in [0.1, 0.15) is 439 Å². The van der Waals surface area contributed by atoms with Gasteiger partial charge in [-0.15, -0.1) is 0 Å². The van der Waals surface area contributed by atoms with Gasteiger partial charge >= 0.3 is 39.5 Å². The molecule has 0 aromatic heterocycles. The Balaban J connectivity index is 5.21. The Kier molecular flexibility index (Phi) is 73.5. The number of phosphoric ester groups is 2. The summed E-state index contributed by atoms with van der Waals surface area (Å²) >= 11 is 0. The van der Waals surface area contributed by atoms with Crippen LogP contribution in [0.2, 0.25) is 0 Å². The molecule has 0 saturated heterocycles. The van der Waals surface area contributed by atoms with Crippen LogP contribution in [0.3, 0.4) is 0 Å². The number of esters is 4. The molecule has 0 aliphatic carbocycles. The first-order valence-electron chi connectivity index (χ1n) is 42.6. The van der Waals surface area contributed by atoms with Crippen molar-refractivity contribution in [2.45, 2.75) is 457 Å². The van der Waals surface area contributed by atoms with E-state index < -0.39 is 97.5 Å². The highest BCUT2D eigenvalue weighted by Crippen LogP contribution is 2.45. The van der Waals surface area contributed by atoms with Crippen LogP contribution in [-0.2, 0) is 65.4 Å². The summed E-state index contributed by atoms with van der Waals surface area (Å²) < 4.78 is 68.7. The first-order chi connectivity index (χ1) is 49.0. The molecule has 0 aliphatic rings. The molecular formula is C82H160O17P2. The van der Waals surface area contributed by atoms with E-state index in [-0.39, 0.29) is 25.7 Å². The third kappa shape index (κ3) is 76.1. The number of unbranched alkanes of at least 4 members (excludes halogenated alkanes) is 54. The van der Waals surface area contributed by atoms with E-state index in [0.717, 1.165) is 95.8 Å². The third-order valence-corrected chi connectivity index (χ3v) is 21.2. The van der Waals surface area contributed by atoms with Gasteiger partial charge in [0.25, 0.3) is 0 Å². The van der Waals surface area contributed by atoms with Crippen LogP contribution in [0.25, 0.3) is 0 Å². The van der Waals surface area contributed by atoms with Crippen LogP contribution in [0.15, 0.2) is 0 Å². The highest BCUT2D eigenvalue weighted by Gasteiger charge is 2.30. The maximum atomic E-state index is 13.1. The zero-order valence-electron chi connectivity index (χ0n) is 66.1. The number of carbonyl (C=O) groups is 4. The van der Waals surface area contributed by atoms with E-state index in [4.69, 9.17) is 37.0 Å². The lowest BCUT2D eigenvalue weighted by Crippen LogP contribution is -2.30. The second-order valence-corrected chi connectivity index (χ2v) is 32.9. The minimum absolute atomic E-state index is 0.108. The van der Waals surface area contributed by atoms with Gasteiger partial charge in [0.1, 0.15) is 19.3 Å². The Hall–Kier alpha value is -1.94. The van der Waals surface area contributed by atoms with Crippen molar-refractivity contribution in [3.8, 4) is 0 Å². The van der Waals surface area contributed by atoms with Crippen molar-refractivity contribution in [1.82, 2.24) is 0 Å². The lowest BCUT2D eigenvalue weighted by Gasteiger charge is -2.21. The quantitative estimate of drug-likeness (QED) is 0.0222. The number of hydrogen-bond acceptors (Lipinski definition) is 15. The number of aliphatic hydroxyl groups excluding tert-OH is 1. The third-order valence-electron chi connectivity index (χ3n) is 19.3. The van der Waals surface area contributed by atoms with Crippen LogP contribution in [0.5, 0.6) is 0 Å². The summed E-state index contributed by atoms with van der Waals surface area (Å²) in [5.74, 6) is -1.32. The zero-order chi connectivity index (χ0) is 74.1. The lowest BCUT2D eigenvalue weighted by atomic mass is 10.0. The summed E-state index contributed by atoms with van der Waals surface area (Å²) in [5, 5.41) is 10.6. The van der Waals surface area contributed by atoms with Gasteiger partial charge in [-0.25, -0.2) is 9.13 Å². The molecule has 17 nitrogen and oxygen atoms in total. The van der Waals surface area contributed by atoms with Crippen LogP contribution in [-0.4, -0.2) is 96.7 Å². The van der Waals surface area contributed by atoms with E-state index in [0.29, 0.717) is 25.7 Å². The minimum atomic E-state index is -4.96. The monoisotopic (exact) mass is 1480 g/mol. The van der Waals surface area contributed by atoms with Gasteiger partial charge in [0.2, 0.25) is 0 Å². The molecule has 0 spiro atoms. The van der Waals surface area contributed by atoms with Crippen LogP contribution >= 0.6 is 15.6 Å². The molecule has 101 heavy (non-hydrogen) atoms. The number of aliphatic hydroxyl groups is 1. The SMILES string of the molecule is CCCCCCCCCCCCCCCCCCCCCCCCC(=O)O[C@H](COC(=O)CCCCCCCCCCCCCCC(C)C)COP(=O)(O)OC[C@@H](O)COP(=O)(O)OC[C@@H](COC(=O)CCCCCCCCCCCCCC)OC(=O)CCCCCCCCCCCCCC. The van der Waals surface area contributed by atoms with E-state index in [2.05, 4.69) is 34.6 Å². The fourth-order valence-electron chi connectivity index (χ4n) is 12.8. The molecule has 3 N–H and O–H groups in total. The van der Waals surface area contributed by atoms with Gasteiger partial charge in [-0.1, -0.05) is 388 Å². The van der Waals surface area contributed by atoms with E-state index in [1.54, 1.807) is 0 Å². The second-order valence-electron chi connectivity index (χ2n) is 30.0. The van der Waals surface area contributed by atoms with Gasteiger partial charge in [-0.2, -0.15) is 0 Å². The molecule has 600 valence electrons. The standard InChI is InChI=1S/C82H160O17P2/c1-6-9-12-15-18-21-24-27-28-29-30-31-32-33-34-35-36-43-48-53-58-63-68-82(87)99-78(72-93-80(85)66-61-56-51-46-42-38-37-39-44-49-54-59-64-75(4)5)74-97-101(90,91)95-70-76(83)69-94-100(88,89)96-73-77(98-81(86)67-62-57-52-47-41-26-23-20-17-14-11-8-3)71-92-79(84)65-60-55-50-45-40-25-22-19-16-13-10-7-2/h75-78,83H,6-74H2,1-5H3,(H,88,89)(H,90,91)/t76-,77+,78+/m0/s1. The summed E-state index contributed by atoms with van der Waals surface area (Å²) in [6.07, 6.45) is 66.6. The molecule has 0 rings (SSSR count). The summed E-state index contributed by atoms with van der Waals surface area (Å²) in [6.45, 7) is 7.34. The molecule has 0 amide bonds. The number of phosphoric acid groups is 2. The number of carbonyl (C=O) groups excluding carboxylic acids is 4. The normalized spacial score (nSPS) is 13.8. The van der Waals surface area contributed by atoms with Crippen molar-refractivity contribution in [3.05, 3.63) is 0 Å². The van der Waals surface area contributed by atoms with Crippen molar-refractivity contribution in [3.63, 3.8) is 0 Å². The zero-order valence-corrected chi connectivity index (χ0v) is 67.8. The molecule has 0 saturated carbocycles. The topological polar surface area (TPSA) is 237 Å². The minimum Gasteiger partial charge on any atom is -0.462 e. The Morgan fingerprint density at radius 3 is 0.673 bits per heavy atom. The van der Waals surface area contributed by atoms with E-state index >= 15 is 0 Å². The van der Waals surface area contributed by atoms with Crippen molar-refractivity contribution in [1.29, 1.82) is 0 Å². The second kappa shape index (κ2) is 74.9. The Morgan fingerprint density at radius 1 is 0.267 bits per heavy atom. The number of ether oxygens (including phenoxy) is 4. The first-order valence-corrected chi connectivity index (χ1v) is 45.6. The molecule has 0 radical (unpaired) electrons. The summed E-state index contributed by atoms with van der Waals surface area (Å²) in [6, 6.07) is 0. The molecule has 0 aliphatic heterocycles. The maximum absolute atomic E-state index is 13.1. The smallest absolute Gasteiger partial charge is 0.462 e. The summed E-state index contributed by atoms with van der Waals surface area (Å²) in [4.78, 5) is 73.0. The van der Waals surface area contributed by atoms with Gasteiger partial charge in [-0.3, -0.25) is 37.3 Å². The Bertz CT molecular complexity index is 1930. The van der Waals surface area contributed by atoms with Crippen molar-refractivity contribution in [2.24, 2.45) is 5.92 Å². The largest absolute Gasteiger partial charge is 0.472 e. The maximum Gasteiger partial charge on any atom is 0.472 e. The number of rotatable bonds is 82. The van der Waals surface area contributed by atoms with E-state index in [1.807, 2.05) is 0 Å². The van der Waals surface area contributed by atoms with Crippen LogP contribution in [0, 0.1) is 5.92 Å². The molecule has 0 bridgehead atoms. The molecule has 2 unspecified atom stereocenters. The lowest BCUT2D eigenvalue weighted by molar-refractivity contribution is -0.161. The molecule has 0 aromatic carbocycles. The van der Waals surface area contributed by atoms with E-state index in [1.165, 1.54) is 263 Å². The Labute approximate surface area is 619 Å². The molecular weight excluding hydrogens is 1320 g/mol. The molecule has 0 aromatic rings. The van der Waals surface area contributed by atoms with E-state index in [9.17, 15) is 43.2 Å². The number of hydrogen-bond donors (Lipinski definition) is 3. The predicted molar refractivity (Wildman–Crippen MR) is 414 cm³/mol. The fraction of sp³-hybridized carbons (Fsp3) is 0.951. The molecule has 5 atom stereocenters. The van der Waals surface area contributed by atoms with Gasteiger partial charge in [0.05, 0.1) is 26.4 Å². The molecule has 0 fully saturated rings. The summed E-state index contributed by atoms with van der Waals surface area (Å²) in [7, 11) is -9.92.